The van der Waals surface area contributed by atoms with Gasteiger partial charge in [-0.1, -0.05) is 20.8 Å². The highest BCUT2D eigenvalue weighted by Crippen LogP contribution is 2.39. The van der Waals surface area contributed by atoms with E-state index in [4.69, 9.17) is 9.15 Å². The highest BCUT2D eigenvalue weighted by atomic mass is 16.5. The van der Waals surface area contributed by atoms with Crippen molar-refractivity contribution in [3.05, 3.63) is 24.2 Å². The lowest BCUT2D eigenvalue weighted by atomic mass is 9.90. The number of carboxylic acids is 1. The average Bonchev–Trinajstić information content (AvgIpc) is 3.22. The molecule has 8 heteroatoms. The predicted molar refractivity (Wildman–Crippen MR) is 94.9 cm³/mol. The van der Waals surface area contributed by atoms with E-state index in [1.807, 2.05) is 20.8 Å². The second-order valence-corrected chi connectivity index (χ2v) is 8.38. The van der Waals surface area contributed by atoms with Crippen molar-refractivity contribution < 1.29 is 28.6 Å². The van der Waals surface area contributed by atoms with E-state index in [1.165, 1.54) is 17.2 Å². The smallest absolute Gasteiger partial charge is 0.328 e. The Morgan fingerprint density at radius 2 is 1.93 bits per heavy atom. The summed E-state index contributed by atoms with van der Waals surface area (Å²) in [5, 5.41) is 9.54. The Kier molecular flexibility index (Phi) is 5.03. The Bertz CT molecular complexity index is 713. The first-order valence-corrected chi connectivity index (χ1v) is 9.15. The topological polar surface area (TPSA) is 100 Å². The first kappa shape index (κ1) is 19.4. The van der Waals surface area contributed by atoms with Crippen molar-refractivity contribution in [2.24, 2.45) is 5.41 Å². The highest BCUT2D eigenvalue weighted by Gasteiger charge is 2.54. The number of carbonyl (C=O) groups is 3. The van der Waals surface area contributed by atoms with Gasteiger partial charge in [0.05, 0.1) is 12.9 Å². The summed E-state index contributed by atoms with van der Waals surface area (Å²) in [6.07, 6.45) is 2.56. The molecule has 1 spiro atoms. The van der Waals surface area contributed by atoms with Gasteiger partial charge in [-0.05, 0) is 17.5 Å². The van der Waals surface area contributed by atoms with Crippen molar-refractivity contribution in [3.8, 4) is 0 Å². The normalized spacial score (nSPS) is 22.3. The fourth-order valence-electron chi connectivity index (χ4n) is 3.75. The summed E-state index contributed by atoms with van der Waals surface area (Å²) in [5.41, 5.74) is -1.13. The van der Waals surface area contributed by atoms with Gasteiger partial charge in [0.2, 0.25) is 5.91 Å². The van der Waals surface area contributed by atoms with Gasteiger partial charge in [0, 0.05) is 32.4 Å². The van der Waals surface area contributed by atoms with Crippen LogP contribution in [0.25, 0.3) is 0 Å². The third kappa shape index (κ3) is 3.85. The van der Waals surface area contributed by atoms with Gasteiger partial charge in [0.15, 0.2) is 11.8 Å². The van der Waals surface area contributed by atoms with Crippen LogP contribution in [-0.2, 0) is 14.3 Å². The zero-order valence-electron chi connectivity index (χ0n) is 15.9. The lowest BCUT2D eigenvalue weighted by Gasteiger charge is -2.44. The molecule has 0 aromatic carbocycles. The van der Waals surface area contributed by atoms with E-state index in [9.17, 15) is 19.5 Å². The third-order valence-corrected chi connectivity index (χ3v) is 5.08. The van der Waals surface area contributed by atoms with Crippen LogP contribution in [0.1, 0.15) is 50.6 Å². The van der Waals surface area contributed by atoms with Crippen LogP contribution in [0.5, 0.6) is 0 Å². The number of carboxylic acid groups (broad SMARTS) is 1. The van der Waals surface area contributed by atoms with E-state index in [-0.39, 0.29) is 23.7 Å². The van der Waals surface area contributed by atoms with E-state index in [0.29, 0.717) is 32.4 Å². The predicted octanol–water partition coefficient (Wildman–Crippen LogP) is 1.96. The molecule has 2 fully saturated rings. The Morgan fingerprint density at radius 3 is 2.44 bits per heavy atom. The zero-order chi connectivity index (χ0) is 19.8. The molecular formula is C19H26N2O6. The lowest BCUT2D eigenvalue weighted by Crippen LogP contribution is -2.58. The number of aliphatic carboxylic acids is 1. The van der Waals surface area contributed by atoms with Gasteiger partial charge in [-0.15, -0.1) is 0 Å². The molecule has 2 amide bonds. The van der Waals surface area contributed by atoms with E-state index >= 15 is 0 Å². The number of nitrogens with zero attached hydrogens (tertiary/aromatic N) is 2. The number of furan rings is 1. The second-order valence-electron chi connectivity index (χ2n) is 8.38. The molecule has 27 heavy (non-hydrogen) atoms. The Hall–Kier alpha value is -2.35. The van der Waals surface area contributed by atoms with E-state index in [2.05, 4.69) is 0 Å². The summed E-state index contributed by atoms with van der Waals surface area (Å²) in [7, 11) is 0. The Morgan fingerprint density at radius 1 is 1.26 bits per heavy atom. The molecule has 0 radical (unpaired) electrons. The SMILES string of the molecule is CC(C)(C)CC(=O)N1CCC2(CC1)OC[C@H](C(=O)O)N2C(=O)c1ccco1. The molecule has 148 valence electrons. The van der Waals surface area contributed by atoms with Crippen LogP contribution in [0.3, 0.4) is 0 Å². The van der Waals surface area contributed by atoms with Gasteiger partial charge in [-0.25, -0.2) is 4.79 Å². The van der Waals surface area contributed by atoms with Gasteiger partial charge in [-0.2, -0.15) is 0 Å². The maximum atomic E-state index is 12.9. The Balaban J connectivity index is 1.77. The van der Waals surface area contributed by atoms with Crippen LogP contribution in [0.2, 0.25) is 0 Å². The van der Waals surface area contributed by atoms with Crippen LogP contribution >= 0.6 is 0 Å². The molecular weight excluding hydrogens is 352 g/mol. The molecule has 3 heterocycles. The maximum absolute atomic E-state index is 12.9. The second kappa shape index (κ2) is 6.99. The van der Waals surface area contributed by atoms with Crippen LogP contribution in [0, 0.1) is 5.41 Å². The Labute approximate surface area is 158 Å². The monoisotopic (exact) mass is 378 g/mol. The van der Waals surface area contributed by atoms with Gasteiger partial charge in [-0.3, -0.25) is 14.5 Å². The van der Waals surface area contributed by atoms with Crippen molar-refractivity contribution in [1.82, 2.24) is 9.80 Å². The van der Waals surface area contributed by atoms with Gasteiger partial charge < -0.3 is 19.2 Å². The molecule has 0 saturated carbocycles. The number of likely N-dealkylation sites (tertiary alicyclic amines) is 1. The molecule has 1 aromatic rings. The van der Waals surface area contributed by atoms with Crippen LogP contribution in [0.4, 0.5) is 0 Å². The molecule has 1 atom stereocenters. The standard InChI is InChI=1S/C19H26N2O6/c1-18(2,3)11-15(22)20-8-6-19(7-9-20)21(13(12-27-19)17(24)25)16(23)14-5-4-10-26-14/h4-5,10,13H,6-9,11-12H2,1-3H3,(H,24,25)/t13-/m1/s1. The van der Waals surface area contributed by atoms with Gasteiger partial charge >= 0.3 is 5.97 Å². The van der Waals surface area contributed by atoms with Crippen LogP contribution in [0.15, 0.2) is 22.8 Å². The number of hydrogen-bond acceptors (Lipinski definition) is 5. The van der Waals surface area contributed by atoms with Crippen molar-refractivity contribution in [2.75, 3.05) is 19.7 Å². The largest absolute Gasteiger partial charge is 0.480 e. The first-order valence-electron chi connectivity index (χ1n) is 9.15. The fraction of sp³-hybridized carbons (Fsp3) is 0.632. The maximum Gasteiger partial charge on any atom is 0.328 e. The summed E-state index contributed by atoms with van der Waals surface area (Å²) in [5.74, 6) is -1.47. The molecule has 1 N–H and O–H groups in total. The van der Waals surface area contributed by atoms with Gasteiger partial charge in [0.1, 0.15) is 5.72 Å². The molecule has 1 aromatic heterocycles. The van der Waals surface area contributed by atoms with Crippen molar-refractivity contribution >= 4 is 17.8 Å². The van der Waals surface area contributed by atoms with Crippen LogP contribution < -0.4 is 0 Å². The summed E-state index contributed by atoms with van der Waals surface area (Å²) < 4.78 is 11.0. The molecule has 0 unspecified atom stereocenters. The van der Waals surface area contributed by atoms with E-state index in [1.54, 1.807) is 11.0 Å². The molecule has 3 rings (SSSR count). The summed E-state index contributed by atoms with van der Waals surface area (Å²) >= 11 is 0. The summed E-state index contributed by atoms with van der Waals surface area (Å²) in [6, 6.07) is 2.02. The summed E-state index contributed by atoms with van der Waals surface area (Å²) in [4.78, 5) is 40.1. The zero-order valence-corrected chi connectivity index (χ0v) is 15.9. The van der Waals surface area contributed by atoms with Gasteiger partial charge in [0.25, 0.3) is 5.91 Å². The molecule has 2 aliphatic rings. The number of piperidine rings is 1. The number of carbonyl (C=O) groups excluding carboxylic acids is 2. The van der Waals surface area contributed by atoms with Crippen molar-refractivity contribution in [1.29, 1.82) is 0 Å². The third-order valence-electron chi connectivity index (χ3n) is 5.08. The number of ether oxygens (including phenoxy) is 1. The number of amides is 2. The first-order chi connectivity index (χ1) is 12.6. The summed E-state index contributed by atoms with van der Waals surface area (Å²) in [6.45, 7) is 6.80. The highest BCUT2D eigenvalue weighted by molar-refractivity contribution is 5.95. The van der Waals surface area contributed by atoms with Crippen molar-refractivity contribution in [3.63, 3.8) is 0 Å². The average molecular weight is 378 g/mol. The molecule has 8 nitrogen and oxygen atoms in total. The number of rotatable bonds is 3. The molecule has 2 aliphatic heterocycles. The minimum Gasteiger partial charge on any atom is -0.480 e. The van der Waals surface area contributed by atoms with Crippen LogP contribution in [-0.4, -0.2) is 64.2 Å². The van der Waals surface area contributed by atoms with Crippen molar-refractivity contribution in [2.45, 2.75) is 51.8 Å². The number of hydrogen-bond donors (Lipinski definition) is 1. The fourth-order valence-corrected chi connectivity index (χ4v) is 3.75. The quantitative estimate of drug-likeness (QED) is 0.863. The molecule has 2 saturated heterocycles. The molecule has 0 aliphatic carbocycles. The van der Waals surface area contributed by atoms with E-state index < -0.39 is 23.6 Å². The minimum absolute atomic E-state index is 0.0639. The van der Waals surface area contributed by atoms with E-state index in [0.717, 1.165) is 0 Å². The lowest BCUT2D eigenvalue weighted by molar-refractivity contribution is -0.149. The minimum atomic E-state index is -1.11. The molecule has 0 bridgehead atoms.